The van der Waals surface area contributed by atoms with Crippen LogP contribution in [0, 0.1) is 0 Å². The lowest BCUT2D eigenvalue weighted by Crippen LogP contribution is -2.63. The molecule has 2 aliphatic rings. The van der Waals surface area contributed by atoms with Gasteiger partial charge in [0, 0.05) is 23.7 Å². The minimum absolute atomic E-state index is 0.0518. The van der Waals surface area contributed by atoms with Crippen molar-refractivity contribution in [3.05, 3.63) is 0 Å². The van der Waals surface area contributed by atoms with Crippen molar-refractivity contribution in [1.82, 2.24) is 16.0 Å². The summed E-state index contributed by atoms with van der Waals surface area (Å²) in [5.74, 6) is 0.0678. The highest BCUT2D eigenvalue weighted by Crippen LogP contribution is 2.28. The molecule has 0 radical (unpaired) electrons. The fourth-order valence-corrected chi connectivity index (χ4v) is 3.46. The van der Waals surface area contributed by atoms with Crippen LogP contribution in [0.1, 0.15) is 40.5 Å². The number of rotatable bonds is 2. The molecular formula is C14H27N3O2. The van der Waals surface area contributed by atoms with Crippen molar-refractivity contribution < 1.29 is 9.53 Å². The Hall–Kier alpha value is -0.650. The van der Waals surface area contributed by atoms with Gasteiger partial charge in [-0.1, -0.05) is 0 Å². The van der Waals surface area contributed by atoms with E-state index in [0.29, 0.717) is 13.2 Å². The summed E-state index contributed by atoms with van der Waals surface area (Å²) in [4.78, 5) is 12.2. The number of nitrogens with one attached hydrogen (secondary N) is 3. The summed E-state index contributed by atoms with van der Waals surface area (Å²) >= 11 is 0. The molecule has 1 atom stereocenters. The molecule has 19 heavy (non-hydrogen) atoms. The number of morpholine rings is 1. The van der Waals surface area contributed by atoms with E-state index in [1.54, 1.807) is 0 Å². The fraction of sp³-hybridized carbons (Fsp3) is 0.929. The third-order valence-electron chi connectivity index (χ3n) is 3.77. The van der Waals surface area contributed by atoms with Gasteiger partial charge < -0.3 is 20.7 Å². The zero-order chi connectivity index (χ0) is 14.1. The minimum atomic E-state index is -0.199. The van der Waals surface area contributed by atoms with Crippen molar-refractivity contribution in [1.29, 1.82) is 0 Å². The van der Waals surface area contributed by atoms with Crippen molar-refractivity contribution in [2.75, 3.05) is 19.8 Å². The molecule has 2 rings (SSSR count). The molecule has 1 unspecified atom stereocenters. The molecule has 0 aliphatic carbocycles. The Morgan fingerprint density at radius 1 is 1.21 bits per heavy atom. The molecule has 1 amide bonds. The molecule has 3 N–H and O–H groups in total. The minimum Gasteiger partial charge on any atom is -0.378 e. The first-order valence-electron chi connectivity index (χ1n) is 7.18. The van der Waals surface area contributed by atoms with E-state index in [2.05, 4.69) is 43.6 Å². The molecule has 2 aliphatic heterocycles. The fourth-order valence-electron chi connectivity index (χ4n) is 3.46. The zero-order valence-corrected chi connectivity index (χ0v) is 12.5. The zero-order valence-electron chi connectivity index (χ0n) is 12.5. The summed E-state index contributed by atoms with van der Waals surface area (Å²) in [5.41, 5.74) is 0.104. The lowest BCUT2D eigenvalue weighted by atomic mass is 9.79. The second kappa shape index (κ2) is 5.38. The van der Waals surface area contributed by atoms with Crippen molar-refractivity contribution in [3.8, 4) is 0 Å². The Morgan fingerprint density at radius 2 is 1.84 bits per heavy atom. The van der Waals surface area contributed by atoms with Crippen LogP contribution in [0.2, 0.25) is 0 Å². The first-order chi connectivity index (χ1) is 8.77. The second-order valence-corrected chi connectivity index (χ2v) is 7.09. The number of carbonyl (C=O) groups is 1. The third kappa shape index (κ3) is 4.16. The maximum atomic E-state index is 12.2. The van der Waals surface area contributed by atoms with Crippen LogP contribution in [-0.4, -0.2) is 48.8 Å². The van der Waals surface area contributed by atoms with Crippen LogP contribution in [0.15, 0.2) is 0 Å². The predicted octanol–water partition coefficient (Wildman–Crippen LogP) is 0.400. The molecule has 0 bridgehead atoms. The lowest BCUT2D eigenvalue weighted by molar-refractivity contribution is -0.127. The van der Waals surface area contributed by atoms with Gasteiger partial charge in [-0.3, -0.25) is 4.79 Å². The highest BCUT2D eigenvalue weighted by atomic mass is 16.5. The molecule has 5 heteroatoms. The largest absolute Gasteiger partial charge is 0.378 e. The van der Waals surface area contributed by atoms with Gasteiger partial charge in [0.2, 0.25) is 5.91 Å². The van der Waals surface area contributed by atoms with E-state index in [-0.39, 0.29) is 29.1 Å². The number of hydrogen-bond acceptors (Lipinski definition) is 4. The number of hydrogen-bond donors (Lipinski definition) is 3. The molecule has 2 fully saturated rings. The molecule has 0 spiro atoms. The SMILES string of the molecule is CC1(C)CC(NC(=O)C2COCCN2)CC(C)(C)N1. The Labute approximate surface area is 115 Å². The standard InChI is InChI=1S/C14H27N3O2/c1-13(2)7-10(8-14(3,4)17-13)16-12(18)11-9-19-6-5-15-11/h10-11,15,17H,5-9H2,1-4H3,(H,16,18). The van der Waals surface area contributed by atoms with E-state index >= 15 is 0 Å². The first-order valence-corrected chi connectivity index (χ1v) is 7.18. The van der Waals surface area contributed by atoms with E-state index in [1.165, 1.54) is 0 Å². The van der Waals surface area contributed by atoms with E-state index in [0.717, 1.165) is 19.4 Å². The lowest BCUT2D eigenvalue weighted by Gasteiger charge is -2.46. The van der Waals surface area contributed by atoms with Gasteiger partial charge in [0.1, 0.15) is 6.04 Å². The average Bonchev–Trinajstić information content (AvgIpc) is 2.25. The van der Waals surface area contributed by atoms with E-state index in [9.17, 15) is 4.79 Å². The van der Waals surface area contributed by atoms with Crippen LogP contribution in [-0.2, 0) is 9.53 Å². The molecular weight excluding hydrogens is 242 g/mol. The highest BCUT2D eigenvalue weighted by Gasteiger charge is 2.38. The third-order valence-corrected chi connectivity index (χ3v) is 3.77. The highest BCUT2D eigenvalue weighted by molar-refractivity contribution is 5.82. The summed E-state index contributed by atoms with van der Waals surface area (Å²) in [5, 5.41) is 10.00. The van der Waals surface area contributed by atoms with Gasteiger partial charge in [0.05, 0.1) is 13.2 Å². The van der Waals surface area contributed by atoms with Crippen LogP contribution >= 0.6 is 0 Å². The number of amides is 1. The van der Waals surface area contributed by atoms with Crippen molar-refractivity contribution in [3.63, 3.8) is 0 Å². The topological polar surface area (TPSA) is 62.4 Å². The Bertz CT molecular complexity index is 320. The Morgan fingerprint density at radius 3 is 2.37 bits per heavy atom. The molecule has 2 saturated heterocycles. The number of carbonyl (C=O) groups excluding carboxylic acids is 1. The van der Waals surface area contributed by atoms with Gasteiger partial charge in [-0.2, -0.15) is 0 Å². The molecule has 5 nitrogen and oxygen atoms in total. The smallest absolute Gasteiger partial charge is 0.239 e. The van der Waals surface area contributed by atoms with E-state index in [4.69, 9.17) is 4.74 Å². The van der Waals surface area contributed by atoms with Gasteiger partial charge in [-0.15, -0.1) is 0 Å². The molecule has 0 aromatic heterocycles. The van der Waals surface area contributed by atoms with Crippen LogP contribution in [0.3, 0.4) is 0 Å². The maximum absolute atomic E-state index is 12.2. The van der Waals surface area contributed by atoms with Crippen LogP contribution in [0.5, 0.6) is 0 Å². The summed E-state index contributed by atoms with van der Waals surface area (Å²) in [6.07, 6.45) is 1.91. The van der Waals surface area contributed by atoms with Crippen LogP contribution in [0.4, 0.5) is 0 Å². The first kappa shape index (κ1) is 14.8. The molecule has 2 heterocycles. The monoisotopic (exact) mass is 269 g/mol. The maximum Gasteiger partial charge on any atom is 0.239 e. The van der Waals surface area contributed by atoms with Gasteiger partial charge in [-0.25, -0.2) is 0 Å². The predicted molar refractivity (Wildman–Crippen MR) is 75.1 cm³/mol. The molecule has 0 saturated carbocycles. The van der Waals surface area contributed by atoms with Gasteiger partial charge in [-0.05, 0) is 40.5 Å². The van der Waals surface area contributed by atoms with Gasteiger partial charge in [0.15, 0.2) is 0 Å². The van der Waals surface area contributed by atoms with Crippen molar-refractivity contribution in [2.24, 2.45) is 0 Å². The van der Waals surface area contributed by atoms with Crippen LogP contribution in [0.25, 0.3) is 0 Å². The Balaban J connectivity index is 1.92. The van der Waals surface area contributed by atoms with E-state index < -0.39 is 0 Å². The van der Waals surface area contributed by atoms with Crippen molar-refractivity contribution >= 4 is 5.91 Å². The second-order valence-electron chi connectivity index (χ2n) is 7.09. The summed E-state index contributed by atoms with van der Waals surface area (Å²) in [6.45, 7) is 10.7. The van der Waals surface area contributed by atoms with Crippen molar-refractivity contribution in [2.45, 2.75) is 63.7 Å². The Kier molecular flexibility index (Phi) is 4.18. The number of ether oxygens (including phenoxy) is 1. The summed E-state index contributed by atoms with van der Waals surface area (Å²) in [7, 11) is 0. The van der Waals surface area contributed by atoms with Gasteiger partial charge >= 0.3 is 0 Å². The molecule has 0 aromatic rings. The van der Waals surface area contributed by atoms with Crippen LogP contribution < -0.4 is 16.0 Å². The summed E-state index contributed by atoms with van der Waals surface area (Å²) in [6, 6.07) is 0.0253. The normalized spacial score (nSPS) is 30.8. The van der Waals surface area contributed by atoms with E-state index in [1.807, 2.05) is 0 Å². The number of piperidine rings is 1. The molecule has 110 valence electrons. The summed E-state index contributed by atoms with van der Waals surface area (Å²) < 4.78 is 5.34. The quantitative estimate of drug-likeness (QED) is 0.679. The average molecular weight is 269 g/mol. The molecule has 0 aromatic carbocycles. The van der Waals surface area contributed by atoms with Gasteiger partial charge in [0.25, 0.3) is 0 Å².